The number of aryl methyl sites for hydroxylation is 1. The van der Waals surface area contributed by atoms with Crippen LogP contribution >= 0.6 is 0 Å². The fraction of sp³-hybridized carbons (Fsp3) is 0.400. The SMILES string of the molecule is Cc1cccc(Nc2ncnc3cnc(NC4CCC(NS(C)(=O)=O)CC4)nc23)c1. The molecule has 0 saturated heterocycles. The fourth-order valence-electron chi connectivity index (χ4n) is 3.72. The maximum atomic E-state index is 11.4. The van der Waals surface area contributed by atoms with Crippen LogP contribution in [-0.4, -0.2) is 46.7 Å². The van der Waals surface area contributed by atoms with Gasteiger partial charge in [0.1, 0.15) is 17.4 Å². The van der Waals surface area contributed by atoms with Crippen molar-refractivity contribution < 1.29 is 8.42 Å². The Kier molecular flexibility index (Phi) is 5.78. The van der Waals surface area contributed by atoms with Crippen LogP contribution in [0.3, 0.4) is 0 Å². The van der Waals surface area contributed by atoms with Crippen molar-refractivity contribution in [3.63, 3.8) is 0 Å². The number of fused-ring (bicyclic) bond motifs is 1. The van der Waals surface area contributed by atoms with Crippen molar-refractivity contribution in [3.05, 3.63) is 42.4 Å². The maximum absolute atomic E-state index is 11.4. The highest BCUT2D eigenvalue weighted by atomic mass is 32.2. The van der Waals surface area contributed by atoms with E-state index in [-0.39, 0.29) is 12.1 Å². The molecule has 3 N–H and O–H groups in total. The van der Waals surface area contributed by atoms with Crippen molar-refractivity contribution in [2.75, 3.05) is 16.9 Å². The Labute approximate surface area is 175 Å². The Morgan fingerprint density at radius 2 is 1.80 bits per heavy atom. The molecule has 1 saturated carbocycles. The molecular weight excluding hydrogens is 402 g/mol. The molecule has 2 aromatic heterocycles. The molecule has 0 bridgehead atoms. The number of hydrogen-bond acceptors (Lipinski definition) is 8. The molecule has 0 aliphatic heterocycles. The number of nitrogens with one attached hydrogen (secondary N) is 3. The van der Waals surface area contributed by atoms with Gasteiger partial charge in [-0.25, -0.2) is 33.1 Å². The molecule has 9 nitrogen and oxygen atoms in total. The minimum absolute atomic E-state index is 0.00546. The highest BCUT2D eigenvalue weighted by Crippen LogP contribution is 2.25. The largest absolute Gasteiger partial charge is 0.351 e. The van der Waals surface area contributed by atoms with Crippen molar-refractivity contribution in [2.24, 2.45) is 0 Å². The third-order valence-corrected chi connectivity index (χ3v) is 5.86. The van der Waals surface area contributed by atoms with Gasteiger partial charge in [0, 0.05) is 17.8 Å². The van der Waals surface area contributed by atoms with E-state index in [9.17, 15) is 8.42 Å². The minimum Gasteiger partial charge on any atom is -0.351 e. The van der Waals surface area contributed by atoms with E-state index >= 15 is 0 Å². The van der Waals surface area contributed by atoms with E-state index in [4.69, 9.17) is 0 Å². The van der Waals surface area contributed by atoms with Gasteiger partial charge in [-0.05, 0) is 50.3 Å². The second-order valence-electron chi connectivity index (χ2n) is 7.73. The standard InChI is InChI=1S/C20H25N7O2S/c1-13-4-3-5-16(10-13)24-19-18-17(22-12-23-19)11-21-20(26-18)25-14-6-8-15(9-7-14)27-30(2,28)29/h3-5,10-12,14-15,27H,6-9H2,1-2H3,(H,21,25,26)(H,22,23,24). The molecule has 0 atom stereocenters. The van der Waals surface area contributed by atoms with E-state index in [0.29, 0.717) is 22.8 Å². The van der Waals surface area contributed by atoms with Gasteiger partial charge in [-0.1, -0.05) is 12.1 Å². The first-order chi connectivity index (χ1) is 14.4. The summed E-state index contributed by atoms with van der Waals surface area (Å²) in [5, 5.41) is 6.69. The predicted octanol–water partition coefficient (Wildman–Crippen LogP) is 2.74. The van der Waals surface area contributed by atoms with E-state index in [1.165, 1.54) is 12.6 Å². The first kappa shape index (κ1) is 20.4. The van der Waals surface area contributed by atoms with Gasteiger partial charge in [0.25, 0.3) is 0 Å². The van der Waals surface area contributed by atoms with Crippen LogP contribution in [0.25, 0.3) is 11.0 Å². The predicted molar refractivity (Wildman–Crippen MR) is 117 cm³/mol. The number of aromatic nitrogens is 4. The lowest BCUT2D eigenvalue weighted by atomic mass is 9.92. The van der Waals surface area contributed by atoms with Gasteiger partial charge in [-0.3, -0.25) is 0 Å². The monoisotopic (exact) mass is 427 g/mol. The first-order valence-corrected chi connectivity index (χ1v) is 11.8. The summed E-state index contributed by atoms with van der Waals surface area (Å²) < 4.78 is 25.5. The highest BCUT2D eigenvalue weighted by Gasteiger charge is 2.23. The average molecular weight is 428 g/mol. The zero-order valence-corrected chi connectivity index (χ0v) is 17.8. The smallest absolute Gasteiger partial charge is 0.223 e. The highest BCUT2D eigenvalue weighted by molar-refractivity contribution is 7.88. The normalized spacial score (nSPS) is 19.5. The molecule has 1 aliphatic rings. The molecule has 1 aromatic carbocycles. The van der Waals surface area contributed by atoms with E-state index in [2.05, 4.69) is 35.3 Å². The van der Waals surface area contributed by atoms with E-state index in [1.54, 1.807) is 6.20 Å². The van der Waals surface area contributed by atoms with E-state index in [0.717, 1.165) is 36.9 Å². The van der Waals surface area contributed by atoms with Gasteiger partial charge in [-0.15, -0.1) is 0 Å². The van der Waals surface area contributed by atoms with Crippen LogP contribution in [0.15, 0.2) is 36.8 Å². The average Bonchev–Trinajstić information content (AvgIpc) is 2.69. The topological polar surface area (TPSA) is 122 Å². The molecule has 0 spiro atoms. The van der Waals surface area contributed by atoms with Crippen molar-refractivity contribution in [2.45, 2.75) is 44.7 Å². The molecule has 158 valence electrons. The minimum atomic E-state index is -3.17. The van der Waals surface area contributed by atoms with Gasteiger partial charge in [-0.2, -0.15) is 0 Å². The molecule has 0 amide bonds. The van der Waals surface area contributed by atoms with Crippen LogP contribution in [0.4, 0.5) is 17.5 Å². The first-order valence-electron chi connectivity index (χ1n) is 9.91. The number of hydrogen-bond donors (Lipinski definition) is 3. The van der Waals surface area contributed by atoms with Crippen molar-refractivity contribution in [3.8, 4) is 0 Å². The molecule has 10 heteroatoms. The van der Waals surface area contributed by atoms with Crippen LogP contribution in [-0.2, 0) is 10.0 Å². The summed E-state index contributed by atoms with van der Waals surface area (Å²) in [6, 6.07) is 8.22. The number of benzene rings is 1. The van der Waals surface area contributed by atoms with Crippen molar-refractivity contribution in [1.82, 2.24) is 24.7 Å². The molecular formula is C20H25N7O2S. The molecule has 3 aromatic rings. The summed E-state index contributed by atoms with van der Waals surface area (Å²) in [6.45, 7) is 2.04. The Morgan fingerprint density at radius 1 is 1.03 bits per heavy atom. The van der Waals surface area contributed by atoms with Gasteiger partial charge < -0.3 is 10.6 Å². The summed E-state index contributed by atoms with van der Waals surface area (Å²) in [5.74, 6) is 1.14. The van der Waals surface area contributed by atoms with Crippen LogP contribution < -0.4 is 15.4 Å². The lowest BCUT2D eigenvalue weighted by molar-refractivity contribution is 0.387. The van der Waals surface area contributed by atoms with Crippen molar-refractivity contribution in [1.29, 1.82) is 0 Å². The quantitative estimate of drug-likeness (QED) is 0.549. The fourth-order valence-corrected chi connectivity index (χ4v) is 4.56. The molecule has 1 fully saturated rings. The second-order valence-corrected chi connectivity index (χ2v) is 9.51. The molecule has 30 heavy (non-hydrogen) atoms. The summed E-state index contributed by atoms with van der Waals surface area (Å²) in [6.07, 6.45) is 7.62. The Bertz CT molecular complexity index is 1140. The molecule has 1 aliphatic carbocycles. The lowest BCUT2D eigenvalue weighted by Crippen LogP contribution is -2.39. The maximum Gasteiger partial charge on any atom is 0.223 e. The number of rotatable bonds is 6. The lowest BCUT2D eigenvalue weighted by Gasteiger charge is -2.29. The van der Waals surface area contributed by atoms with Crippen LogP contribution in [0.1, 0.15) is 31.2 Å². The third kappa shape index (κ3) is 5.19. The number of sulfonamides is 1. The third-order valence-electron chi connectivity index (χ3n) is 5.10. The Balaban J connectivity index is 1.48. The van der Waals surface area contributed by atoms with Gasteiger partial charge in [0.2, 0.25) is 16.0 Å². The summed E-state index contributed by atoms with van der Waals surface area (Å²) in [4.78, 5) is 17.7. The van der Waals surface area contributed by atoms with Gasteiger partial charge >= 0.3 is 0 Å². The zero-order valence-electron chi connectivity index (χ0n) is 17.0. The van der Waals surface area contributed by atoms with Gasteiger partial charge in [0.05, 0.1) is 12.5 Å². The van der Waals surface area contributed by atoms with Crippen LogP contribution in [0, 0.1) is 6.92 Å². The summed E-state index contributed by atoms with van der Waals surface area (Å²) in [5.41, 5.74) is 3.38. The molecule has 0 unspecified atom stereocenters. The Hall–Kier alpha value is -2.85. The van der Waals surface area contributed by atoms with Crippen LogP contribution in [0.5, 0.6) is 0 Å². The number of nitrogens with zero attached hydrogens (tertiary/aromatic N) is 4. The van der Waals surface area contributed by atoms with Gasteiger partial charge in [0.15, 0.2) is 5.82 Å². The molecule has 2 heterocycles. The second kappa shape index (κ2) is 8.49. The number of anilines is 3. The van der Waals surface area contributed by atoms with Crippen LogP contribution in [0.2, 0.25) is 0 Å². The summed E-state index contributed by atoms with van der Waals surface area (Å²) >= 11 is 0. The molecule has 4 rings (SSSR count). The molecule has 0 radical (unpaired) electrons. The van der Waals surface area contributed by atoms with E-state index < -0.39 is 10.0 Å². The zero-order chi connectivity index (χ0) is 21.1. The summed E-state index contributed by atoms with van der Waals surface area (Å²) in [7, 11) is -3.17. The van der Waals surface area contributed by atoms with Crippen molar-refractivity contribution >= 4 is 38.5 Å². The van der Waals surface area contributed by atoms with E-state index in [1.807, 2.05) is 31.2 Å². The Morgan fingerprint density at radius 3 is 2.53 bits per heavy atom.